The molecule has 0 atom stereocenters. The molecule has 1 aromatic rings. The highest BCUT2D eigenvalue weighted by atomic mass is 35.7. The van der Waals surface area contributed by atoms with Gasteiger partial charge in [0.15, 0.2) is 0 Å². The van der Waals surface area contributed by atoms with Gasteiger partial charge >= 0.3 is 0 Å². The maximum absolute atomic E-state index is 10.4. The third kappa shape index (κ3) is 5.15. The van der Waals surface area contributed by atoms with Crippen molar-refractivity contribution in [2.45, 2.75) is 19.6 Å². The van der Waals surface area contributed by atoms with Gasteiger partial charge < -0.3 is 4.98 Å². The summed E-state index contributed by atoms with van der Waals surface area (Å²) in [5.41, 5.74) is 0.495. The zero-order valence-corrected chi connectivity index (χ0v) is 8.48. The Bertz CT molecular complexity index is 293. The average Bonchev–Trinajstić information content (AvgIpc) is 2.41. The molecule has 12 heavy (non-hydrogen) atoms. The van der Waals surface area contributed by atoms with Crippen LogP contribution in [0.3, 0.4) is 0 Å². The molecule has 0 saturated carbocycles. The fourth-order valence-electron chi connectivity index (χ4n) is 0.549. The number of nitrogens with one attached hydrogen (secondary N) is 1. The van der Waals surface area contributed by atoms with Crippen LogP contribution in [0.2, 0.25) is 0 Å². The van der Waals surface area contributed by atoms with E-state index in [1.807, 2.05) is 13.8 Å². The molecule has 0 aliphatic rings. The molecule has 0 saturated heterocycles. The average molecular weight is 211 g/mol. The number of aromatic amines is 1. The number of halogens is 1. The summed E-state index contributed by atoms with van der Waals surface area (Å²) in [7, 11) is 1.50. The fraction of sp³-hybridized carbons (Fsp3) is 0.500. The quantitative estimate of drug-likeness (QED) is 0.753. The van der Waals surface area contributed by atoms with Crippen LogP contribution in [0.4, 0.5) is 0 Å². The Hall–Kier alpha value is -0.550. The first-order valence-electron chi connectivity index (χ1n) is 3.47. The predicted molar refractivity (Wildman–Crippen MR) is 48.4 cm³/mol. The van der Waals surface area contributed by atoms with E-state index < -0.39 is 9.05 Å². The lowest BCUT2D eigenvalue weighted by Crippen LogP contribution is -1.94. The summed E-state index contributed by atoms with van der Waals surface area (Å²) in [6.45, 7) is 4.00. The lowest BCUT2D eigenvalue weighted by molar-refractivity contribution is 0.608. The van der Waals surface area contributed by atoms with E-state index in [9.17, 15) is 8.42 Å². The monoisotopic (exact) mass is 210 g/mol. The second-order valence-electron chi connectivity index (χ2n) is 1.76. The minimum atomic E-state index is -3.45. The summed E-state index contributed by atoms with van der Waals surface area (Å²) in [6.07, 6.45) is 2.82. The largest absolute Gasteiger partial charge is 0.348 e. The van der Waals surface area contributed by atoms with E-state index in [0.29, 0.717) is 5.69 Å². The maximum atomic E-state index is 10.4. The maximum Gasteiger partial charge on any atom is 0.238 e. The number of imidazole rings is 1. The van der Waals surface area contributed by atoms with Crippen LogP contribution in [-0.4, -0.2) is 18.4 Å². The zero-order chi connectivity index (χ0) is 9.61. The molecular weight excluding hydrogens is 200 g/mol. The minimum absolute atomic E-state index is 0.200. The van der Waals surface area contributed by atoms with Crippen LogP contribution < -0.4 is 0 Å². The Morgan fingerprint density at radius 2 is 2.17 bits per heavy atom. The third-order valence-electron chi connectivity index (χ3n) is 0.883. The van der Waals surface area contributed by atoms with Crippen LogP contribution in [-0.2, 0) is 14.8 Å². The molecule has 0 fully saturated rings. The number of hydrogen-bond acceptors (Lipinski definition) is 3. The van der Waals surface area contributed by atoms with Gasteiger partial charge in [-0.05, 0) is 0 Å². The molecule has 0 unspecified atom stereocenters. The van der Waals surface area contributed by atoms with Gasteiger partial charge in [-0.15, -0.1) is 0 Å². The van der Waals surface area contributed by atoms with Crippen LogP contribution in [0.15, 0.2) is 12.5 Å². The molecule has 0 spiro atoms. The second kappa shape index (κ2) is 5.16. The van der Waals surface area contributed by atoms with Crippen LogP contribution in [0.1, 0.15) is 19.5 Å². The van der Waals surface area contributed by atoms with E-state index in [2.05, 4.69) is 9.97 Å². The van der Waals surface area contributed by atoms with Crippen molar-refractivity contribution in [1.29, 1.82) is 0 Å². The van der Waals surface area contributed by atoms with E-state index >= 15 is 0 Å². The minimum Gasteiger partial charge on any atom is -0.348 e. The summed E-state index contributed by atoms with van der Waals surface area (Å²) in [5, 5.41) is 0. The van der Waals surface area contributed by atoms with E-state index in [4.69, 9.17) is 10.7 Å². The zero-order valence-electron chi connectivity index (χ0n) is 6.91. The number of rotatable bonds is 2. The van der Waals surface area contributed by atoms with Gasteiger partial charge in [0, 0.05) is 16.9 Å². The van der Waals surface area contributed by atoms with Crippen molar-refractivity contribution in [1.82, 2.24) is 9.97 Å². The van der Waals surface area contributed by atoms with E-state index in [-0.39, 0.29) is 5.75 Å². The molecule has 0 amide bonds. The first-order chi connectivity index (χ1) is 5.58. The molecular formula is C6H11ClN2O2S. The second-order valence-corrected chi connectivity index (χ2v) is 4.54. The van der Waals surface area contributed by atoms with Gasteiger partial charge in [-0.2, -0.15) is 0 Å². The van der Waals surface area contributed by atoms with Crippen molar-refractivity contribution < 1.29 is 8.42 Å². The molecule has 1 rings (SSSR count). The Morgan fingerprint density at radius 1 is 1.58 bits per heavy atom. The summed E-state index contributed by atoms with van der Waals surface area (Å²) in [5.74, 6) is -0.200. The fourth-order valence-corrected chi connectivity index (χ4v) is 1.43. The van der Waals surface area contributed by atoms with Gasteiger partial charge in [-0.3, -0.25) is 0 Å². The lowest BCUT2D eigenvalue weighted by Gasteiger charge is -1.88. The first kappa shape index (κ1) is 11.4. The van der Waals surface area contributed by atoms with Crippen molar-refractivity contribution in [2.24, 2.45) is 0 Å². The molecule has 1 heterocycles. The van der Waals surface area contributed by atoms with E-state index in [1.54, 1.807) is 0 Å². The normalized spacial score (nSPS) is 10.2. The smallest absolute Gasteiger partial charge is 0.238 e. The van der Waals surface area contributed by atoms with Crippen LogP contribution in [0.25, 0.3) is 0 Å². The number of H-pyrrole nitrogens is 1. The van der Waals surface area contributed by atoms with Gasteiger partial charge in [-0.1, -0.05) is 13.8 Å². The Labute approximate surface area is 76.4 Å². The summed E-state index contributed by atoms with van der Waals surface area (Å²) in [6, 6.07) is 0. The molecule has 1 aromatic heterocycles. The molecule has 70 valence electrons. The molecule has 0 aliphatic carbocycles. The number of hydrogen-bond donors (Lipinski definition) is 1. The highest BCUT2D eigenvalue weighted by molar-refractivity contribution is 8.13. The predicted octanol–water partition coefficient (Wildman–Crippen LogP) is 1.50. The van der Waals surface area contributed by atoms with Crippen molar-refractivity contribution in [3.63, 3.8) is 0 Å². The van der Waals surface area contributed by atoms with Crippen LogP contribution in [0.5, 0.6) is 0 Å². The molecule has 6 heteroatoms. The van der Waals surface area contributed by atoms with Crippen molar-refractivity contribution in [3.8, 4) is 0 Å². The molecule has 0 aromatic carbocycles. The molecule has 0 bridgehead atoms. The summed E-state index contributed by atoms with van der Waals surface area (Å²) < 4.78 is 20.8. The van der Waals surface area contributed by atoms with Gasteiger partial charge in [0.1, 0.15) is 5.75 Å². The van der Waals surface area contributed by atoms with E-state index in [1.165, 1.54) is 12.5 Å². The topological polar surface area (TPSA) is 62.8 Å². The van der Waals surface area contributed by atoms with Gasteiger partial charge in [0.2, 0.25) is 9.05 Å². The third-order valence-corrected chi connectivity index (χ3v) is 1.87. The van der Waals surface area contributed by atoms with Crippen LogP contribution in [0, 0.1) is 0 Å². The molecule has 0 aliphatic heterocycles. The lowest BCUT2D eigenvalue weighted by atomic mass is 10.6. The Morgan fingerprint density at radius 3 is 2.50 bits per heavy atom. The van der Waals surface area contributed by atoms with Crippen LogP contribution >= 0.6 is 10.7 Å². The van der Waals surface area contributed by atoms with Crippen molar-refractivity contribution >= 4 is 19.7 Å². The Balaban J connectivity index is 0.000000561. The van der Waals surface area contributed by atoms with Gasteiger partial charge in [-0.25, -0.2) is 13.4 Å². The number of nitrogens with zero attached hydrogens (tertiary/aromatic N) is 1. The van der Waals surface area contributed by atoms with Gasteiger partial charge in [0.05, 0.1) is 12.0 Å². The molecule has 0 radical (unpaired) electrons. The highest BCUT2D eigenvalue weighted by Crippen LogP contribution is 2.04. The Kier molecular flexibility index (Phi) is 4.92. The highest BCUT2D eigenvalue weighted by Gasteiger charge is 2.06. The van der Waals surface area contributed by atoms with Crippen molar-refractivity contribution in [2.75, 3.05) is 0 Å². The van der Waals surface area contributed by atoms with E-state index in [0.717, 1.165) is 0 Å². The number of aromatic nitrogens is 2. The summed E-state index contributed by atoms with van der Waals surface area (Å²) >= 11 is 0. The van der Waals surface area contributed by atoms with Gasteiger partial charge in [0.25, 0.3) is 0 Å². The summed E-state index contributed by atoms with van der Waals surface area (Å²) in [4.78, 5) is 6.25. The first-order valence-corrected chi connectivity index (χ1v) is 5.95. The standard InChI is InChI=1S/C4H5ClN2O2S.C2H6/c5-10(8,9)2-4-1-6-3-7-4;1-2/h1,3H,2H2,(H,6,7);1-2H3. The molecule has 4 nitrogen and oxygen atoms in total. The SMILES string of the molecule is CC.O=S(=O)(Cl)Cc1cnc[nH]1. The molecule has 1 N–H and O–H groups in total. The van der Waals surface area contributed by atoms with Crippen molar-refractivity contribution in [3.05, 3.63) is 18.2 Å².